The van der Waals surface area contributed by atoms with Crippen LogP contribution in [-0.2, 0) is 16.6 Å². The zero-order chi connectivity index (χ0) is 14.0. The Hall–Kier alpha value is -1.85. The predicted octanol–water partition coefficient (Wildman–Crippen LogP) is 1.56. The molecule has 0 saturated heterocycles. The number of aryl methyl sites for hydroxylation is 2. The van der Waals surface area contributed by atoms with Crippen molar-refractivity contribution in [3.63, 3.8) is 0 Å². The second-order valence-corrected chi connectivity index (χ2v) is 5.13. The molecule has 1 fully saturated rings. The first kappa shape index (κ1) is 13.6. The van der Waals surface area contributed by atoms with Crippen molar-refractivity contribution < 1.29 is 14.7 Å². The molecule has 0 bridgehead atoms. The van der Waals surface area contributed by atoms with Crippen LogP contribution >= 0.6 is 0 Å². The van der Waals surface area contributed by atoms with Gasteiger partial charge >= 0.3 is 5.97 Å². The lowest BCUT2D eigenvalue weighted by Crippen LogP contribution is -2.36. The summed E-state index contributed by atoms with van der Waals surface area (Å²) in [4.78, 5) is 23.4. The van der Waals surface area contributed by atoms with E-state index in [1.807, 2.05) is 6.92 Å². The van der Waals surface area contributed by atoms with Crippen molar-refractivity contribution in [2.24, 2.45) is 18.9 Å². The minimum absolute atomic E-state index is 0.205. The van der Waals surface area contributed by atoms with E-state index in [2.05, 4.69) is 10.4 Å². The molecule has 0 aromatic carbocycles. The summed E-state index contributed by atoms with van der Waals surface area (Å²) in [5, 5.41) is 16.1. The van der Waals surface area contributed by atoms with Crippen molar-refractivity contribution in [3.05, 3.63) is 11.9 Å². The Kier molecular flexibility index (Phi) is 3.87. The molecule has 2 rings (SSSR count). The summed E-state index contributed by atoms with van der Waals surface area (Å²) in [5.74, 6) is -2.08. The van der Waals surface area contributed by atoms with Crippen LogP contribution < -0.4 is 5.32 Å². The molecular weight excluding hydrogens is 246 g/mol. The van der Waals surface area contributed by atoms with Gasteiger partial charge in [0.05, 0.1) is 23.2 Å². The van der Waals surface area contributed by atoms with E-state index in [0.29, 0.717) is 18.5 Å². The minimum atomic E-state index is -0.872. The van der Waals surface area contributed by atoms with E-state index in [9.17, 15) is 14.7 Å². The van der Waals surface area contributed by atoms with E-state index >= 15 is 0 Å². The molecule has 104 valence electrons. The molecule has 6 nitrogen and oxygen atoms in total. The highest BCUT2D eigenvalue weighted by molar-refractivity contribution is 5.95. The number of anilines is 1. The minimum Gasteiger partial charge on any atom is -0.481 e. The number of carboxylic acid groups (broad SMARTS) is 1. The van der Waals surface area contributed by atoms with Crippen molar-refractivity contribution in [1.82, 2.24) is 9.78 Å². The Morgan fingerprint density at radius 3 is 2.53 bits per heavy atom. The second-order valence-electron chi connectivity index (χ2n) is 5.13. The van der Waals surface area contributed by atoms with Crippen molar-refractivity contribution in [3.8, 4) is 0 Å². The third kappa shape index (κ3) is 2.94. The zero-order valence-electron chi connectivity index (χ0n) is 11.2. The van der Waals surface area contributed by atoms with Crippen LogP contribution in [0.5, 0.6) is 0 Å². The van der Waals surface area contributed by atoms with Crippen molar-refractivity contribution >= 4 is 17.6 Å². The molecule has 0 unspecified atom stereocenters. The Balaban J connectivity index is 2.09. The molecule has 1 aliphatic rings. The lowest BCUT2D eigenvalue weighted by molar-refractivity contribution is -0.147. The first-order valence-corrected chi connectivity index (χ1v) is 6.53. The van der Waals surface area contributed by atoms with Gasteiger partial charge in [-0.2, -0.15) is 5.10 Å². The Morgan fingerprint density at radius 2 is 2.00 bits per heavy atom. The molecule has 1 aliphatic carbocycles. The highest BCUT2D eigenvalue weighted by Gasteiger charge is 2.35. The van der Waals surface area contributed by atoms with Crippen LogP contribution in [0.4, 0.5) is 5.69 Å². The lowest BCUT2D eigenvalue weighted by Gasteiger charge is -2.27. The number of amides is 1. The average Bonchev–Trinajstić information content (AvgIpc) is 2.67. The summed E-state index contributed by atoms with van der Waals surface area (Å²) in [5.41, 5.74) is 1.39. The molecule has 1 saturated carbocycles. The first-order valence-electron chi connectivity index (χ1n) is 6.53. The molecule has 1 heterocycles. The number of aromatic nitrogens is 2. The van der Waals surface area contributed by atoms with Crippen LogP contribution in [0.2, 0.25) is 0 Å². The average molecular weight is 265 g/mol. The van der Waals surface area contributed by atoms with E-state index in [0.717, 1.165) is 18.5 Å². The van der Waals surface area contributed by atoms with Gasteiger partial charge in [0.15, 0.2) is 0 Å². The van der Waals surface area contributed by atoms with Gasteiger partial charge in [0.2, 0.25) is 5.91 Å². The number of carboxylic acids is 1. The van der Waals surface area contributed by atoms with Gasteiger partial charge in [0.25, 0.3) is 0 Å². The van der Waals surface area contributed by atoms with E-state index < -0.39 is 17.8 Å². The van der Waals surface area contributed by atoms with Gasteiger partial charge < -0.3 is 10.4 Å². The fraction of sp³-hybridized carbons (Fsp3) is 0.615. The van der Waals surface area contributed by atoms with Crippen LogP contribution in [0.3, 0.4) is 0 Å². The van der Waals surface area contributed by atoms with Crippen LogP contribution in [0.1, 0.15) is 31.4 Å². The number of nitrogens with zero attached hydrogens (tertiary/aromatic N) is 2. The third-order valence-electron chi connectivity index (χ3n) is 3.69. The molecule has 1 aromatic rings. The number of rotatable bonds is 3. The Bertz CT molecular complexity index is 495. The number of carbonyl (C=O) groups excluding carboxylic acids is 1. The molecule has 6 heteroatoms. The van der Waals surface area contributed by atoms with Gasteiger partial charge in [-0.3, -0.25) is 14.3 Å². The highest BCUT2D eigenvalue weighted by atomic mass is 16.4. The van der Waals surface area contributed by atoms with Gasteiger partial charge in [-0.05, 0) is 19.8 Å². The summed E-state index contributed by atoms with van der Waals surface area (Å²) < 4.78 is 1.63. The van der Waals surface area contributed by atoms with Gasteiger partial charge in [0.1, 0.15) is 0 Å². The van der Waals surface area contributed by atoms with Gasteiger partial charge in [0, 0.05) is 13.2 Å². The van der Waals surface area contributed by atoms with Gasteiger partial charge in [-0.25, -0.2) is 0 Å². The summed E-state index contributed by atoms with van der Waals surface area (Å²) in [7, 11) is 1.78. The van der Waals surface area contributed by atoms with Gasteiger partial charge in [-0.1, -0.05) is 12.8 Å². The number of aliphatic carboxylic acids is 1. The maximum atomic E-state index is 12.2. The molecule has 19 heavy (non-hydrogen) atoms. The van der Waals surface area contributed by atoms with Crippen molar-refractivity contribution in [1.29, 1.82) is 0 Å². The molecule has 0 spiro atoms. The van der Waals surface area contributed by atoms with E-state index in [4.69, 9.17) is 0 Å². The van der Waals surface area contributed by atoms with E-state index in [-0.39, 0.29) is 5.91 Å². The van der Waals surface area contributed by atoms with Crippen molar-refractivity contribution in [2.45, 2.75) is 32.6 Å². The maximum absolute atomic E-state index is 12.2. The molecule has 2 N–H and O–H groups in total. The zero-order valence-corrected chi connectivity index (χ0v) is 11.2. The number of hydrogen-bond donors (Lipinski definition) is 2. The largest absolute Gasteiger partial charge is 0.481 e. The van der Waals surface area contributed by atoms with Gasteiger partial charge in [-0.15, -0.1) is 0 Å². The Morgan fingerprint density at radius 1 is 1.37 bits per heavy atom. The maximum Gasteiger partial charge on any atom is 0.307 e. The van der Waals surface area contributed by atoms with E-state index in [1.54, 1.807) is 17.9 Å². The molecular formula is C13H19N3O3. The SMILES string of the molecule is Cc1nn(C)cc1NC(=O)[C@@H]1CCCC[C@@H]1C(=O)O. The van der Waals surface area contributed by atoms with Crippen LogP contribution in [0.25, 0.3) is 0 Å². The number of nitrogens with one attached hydrogen (secondary N) is 1. The van der Waals surface area contributed by atoms with E-state index in [1.165, 1.54) is 0 Å². The lowest BCUT2D eigenvalue weighted by atomic mass is 9.78. The molecule has 0 radical (unpaired) electrons. The summed E-state index contributed by atoms with van der Waals surface area (Å²) in [6.07, 6.45) is 4.74. The standard InChI is InChI=1S/C13H19N3O3/c1-8-11(7-16(2)15-8)14-12(17)9-5-3-4-6-10(9)13(18)19/h7,9-10H,3-6H2,1-2H3,(H,14,17)(H,18,19)/t9-,10+/m1/s1. The molecule has 1 aromatic heterocycles. The second kappa shape index (κ2) is 5.42. The quantitative estimate of drug-likeness (QED) is 0.868. The molecule has 0 aliphatic heterocycles. The fourth-order valence-corrected chi connectivity index (χ4v) is 2.69. The van der Waals surface area contributed by atoms with Crippen LogP contribution in [-0.4, -0.2) is 26.8 Å². The van der Waals surface area contributed by atoms with Crippen LogP contribution in [0, 0.1) is 18.8 Å². The highest BCUT2D eigenvalue weighted by Crippen LogP contribution is 2.31. The summed E-state index contributed by atoms with van der Waals surface area (Å²) in [6.45, 7) is 1.81. The molecule has 2 atom stereocenters. The number of carbonyl (C=O) groups is 2. The summed E-state index contributed by atoms with van der Waals surface area (Å²) in [6, 6.07) is 0. The van der Waals surface area contributed by atoms with Crippen LogP contribution in [0.15, 0.2) is 6.20 Å². The third-order valence-corrected chi connectivity index (χ3v) is 3.69. The summed E-state index contributed by atoms with van der Waals surface area (Å²) >= 11 is 0. The smallest absolute Gasteiger partial charge is 0.307 e. The molecule has 1 amide bonds. The Labute approximate surface area is 111 Å². The predicted molar refractivity (Wildman–Crippen MR) is 69.7 cm³/mol. The topological polar surface area (TPSA) is 84.2 Å². The number of hydrogen-bond acceptors (Lipinski definition) is 3. The fourth-order valence-electron chi connectivity index (χ4n) is 2.69. The first-order chi connectivity index (χ1) is 8.99. The van der Waals surface area contributed by atoms with Crippen molar-refractivity contribution in [2.75, 3.05) is 5.32 Å². The monoisotopic (exact) mass is 265 g/mol. The normalized spacial score (nSPS) is 23.1.